The maximum absolute atomic E-state index is 11.1. The Morgan fingerprint density at radius 2 is 2.40 bits per heavy atom. The maximum atomic E-state index is 11.1. The molecule has 1 N–H and O–H groups in total. The van der Waals surface area contributed by atoms with Gasteiger partial charge in [-0.15, -0.1) is 0 Å². The van der Waals surface area contributed by atoms with Gasteiger partial charge in [0.15, 0.2) is 5.78 Å². The van der Waals surface area contributed by atoms with E-state index >= 15 is 0 Å². The Morgan fingerprint density at radius 3 is 3.20 bits per heavy atom. The normalized spacial score (nSPS) is 23.0. The number of nitrogens with one attached hydrogen (secondary N) is 1. The van der Waals surface area contributed by atoms with E-state index in [1.54, 1.807) is 0 Å². The van der Waals surface area contributed by atoms with E-state index in [-0.39, 0.29) is 0 Å². The zero-order valence-electron chi connectivity index (χ0n) is 5.68. The smallest absolute Gasteiger partial charge is 0.164 e. The second-order valence-electron chi connectivity index (χ2n) is 2.60. The van der Waals surface area contributed by atoms with Crippen LogP contribution in [-0.4, -0.2) is 12.3 Å². The molecule has 2 aliphatic rings. The molecule has 0 spiro atoms. The summed E-state index contributed by atoms with van der Waals surface area (Å²) in [4.78, 5) is 11.1. The molecule has 0 saturated heterocycles. The molecule has 1 aliphatic carbocycles. The molecule has 0 amide bonds. The molecule has 0 aromatic rings. The van der Waals surface area contributed by atoms with Crippen molar-refractivity contribution in [2.24, 2.45) is 0 Å². The molecule has 2 nitrogen and oxygen atoms in total. The molecular weight excluding hydrogens is 126 g/mol. The third kappa shape index (κ3) is 0.685. The largest absolute Gasteiger partial charge is 0.384 e. The second kappa shape index (κ2) is 1.97. The predicted molar refractivity (Wildman–Crippen MR) is 38.4 cm³/mol. The Balaban J connectivity index is 2.39. The minimum atomic E-state index is 0.294. The lowest BCUT2D eigenvalue weighted by atomic mass is 10.0. The van der Waals surface area contributed by atoms with Crippen LogP contribution in [0.15, 0.2) is 23.4 Å². The van der Waals surface area contributed by atoms with Crippen LogP contribution in [0.1, 0.15) is 12.8 Å². The van der Waals surface area contributed by atoms with Gasteiger partial charge in [-0.1, -0.05) is 6.08 Å². The Bertz CT molecular complexity index is 238. The molecule has 0 radical (unpaired) electrons. The molecule has 52 valence electrons. The molecular formula is C8H9NO. The Labute approximate surface area is 59.6 Å². The summed E-state index contributed by atoms with van der Waals surface area (Å²) in [6.45, 7) is 0.931. The lowest BCUT2D eigenvalue weighted by Crippen LogP contribution is -2.08. The predicted octanol–water partition coefficient (Wildman–Crippen LogP) is 0.763. The second-order valence-corrected chi connectivity index (χ2v) is 2.60. The first-order chi connectivity index (χ1) is 4.88. The van der Waals surface area contributed by atoms with Crippen LogP contribution < -0.4 is 5.32 Å². The number of rotatable bonds is 0. The van der Waals surface area contributed by atoms with E-state index in [1.165, 1.54) is 0 Å². The van der Waals surface area contributed by atoms with Crippen LogP contribution in [0, 0.1) is 0 Å². The summed E-state index contributed by atoms with van der Waals surface area (Å²) >= 11 is 0. The van der Waals surface area contributed by atoms with Crippen LogP contribution in [0.4, 0.5) is 0 Å². The van der Waals surface area contributed by atoms with Gasteiger partial charge in [-0.25, -0.2) is 0 Å². The van der Waals surface area contributed by atoms with Crippen molar-refractivity contribution in [1.82, 2.24) is 5.32 Å². The van der Waals surface area contributed by atoms with Crippen LogP contribution >= 0.6 is 0 Å². The fourth-order valence-corrected chi connectivity index (χ4v) is 1.42. The number of carbonyl (C=O) groups is 1. The van der Waals surface area contributed by atoms with Gasteiger partial charge in [-0.2, -0.15) is 0 Å². The van der Waals surface area contributed by atoms with Crippen molar-refractivity contribution in [3.05, 3.63) is 23.4 Å². The third-order valence-electron chi connectivity index (χ3n) is 1.94. The van der Waals surface area contributed by atoms with Gasteiger partial charge in [0.2, 0.25) is 0 Å². The first kappa shape index (κ1) is 5.71. The van der Waals surface area contributed by atoms with Crippen LogP contribution in [0.2, 0.25) is 0 Å². The highest BCUT2D eigenvalue weighted by molar-refractivity contribution is 5.99. The van der Waals surface area contributed by atoms with Crippen LogP contribution in [0.25, 0.3) is 0 Å². The highest BCUT2D eigenvalue weighted by Gasteiger charge is 2.20. The number of allylic oxidation sites excluding steroid dienone is 2. The molecule has 2 heteroatoms. The van der Waals surface area contributed by atoms with E-state index in [1.807, 2.05) is 12.2 Å². The number of hydrogen-bond donors (Lipinski definition) is 1. The van der Waals surface area contributed by atoms with Crippen molar-refractivity contribution in [2.45, 2.75) is 12.8 Å². The monoisotopic (exact) mass is 135 g/mol. The van der Waals surface area contributed by atoms with Gasteiger partial charge in [0.25, 0.3) is 0 Å². The third-order valence-corrected chi connectivity index (χ3v) is 1.94. The minimum Gasteiger partial charge on any atom is -0.384 e. The summed E-state index contributed by atoms with van der Waals surface area (Å²) in [7, 11) is 0. The van der Waals surface area contributed by atoms with E-state index in [2.05, 4.69) is 5.32 Å². The molecule has 0 unspecified atom stereocenters. The number of ketones is 1. The van der Waals surface area contributed by atoms with Gasteiger partial charge in [0, 0.05) is 24.2 Å². The summed E-state index contributed by atoms with van der Waals surface area (Å²) in [5, 5.41) is 3.16. The number of carbonyl (C=O) groups excluding carboxylic acids is 1. The molecule has 1 heterocycles. The highest BCUT2D eigenvalue weighted by Crippen LogP contribution is 2.20. The topological polar surface area (TPSA) is 29.1 Å². The van der Waals surface area contributed by atoms with Crippen molar-refractivity contribution in [1.29, 1.82) is 0 Å². The van der Waals surface area contributed by atoms with Crippen LogP contribution in [0.5, 0.6) is 0 Å². The Hall–Kier alpha value is -1.05. The van der Waals surface area contributed by atoms with Gasteiger partial charge < -0.3 is 5.32 Å². The highest BCUT2D eigenvalue weighted by atomic mass is 16.1. The fourth-order valence-electron chi connectivity index (χ4n) is 1.42. The lowest BCUT2D eigenvalue weighted by Gasteiger charge is -2.04. The Morgan fingerprint density at radius 1 is 1.50 bits per heavy atom. The quantitative estimate of drug-likeness (QED) is 0.531. The maximum Gasteiger partial charge on any atom is 0.164 e. The van der Waals surface area contributed by atoms with Crippen molar-refractivity contribution < 1.29 is 4.79 Å². The molecule has 0 aromatic carbocycles. The molecule has 2 rings (SSSR count). The van der Waals surface area contributed by atoms with E-state index < -0.39 is 0 Å². The number of Topliss-reactive ketones (excluding diaryl/α,β-unsaturated/α-hetero) is 1. The molecule has 0 fully saturated rings. The average Bonchev–Trinajstić information content (AvgIpc) is 2.36. The molecule has 0 saturated carbocycles. The zero-order valence-corrected chi connectivity index (χ0v) is 5.68. The first-order valence-electron chi connectivity index (χ1n) is 3.55. The van der Waals surface area contributed by atoms with E-state index in [4.69, 9.17) is 0 Å². The van der Waals surface area contributed by atoms with Crippen LogP contribution in [0.3, 0.4) is 0 Å². The van der Waals surface area contributed by atoms with Crippen LogP contribution in [-0.2, 0) is 4.79 Å². The van der Waals surface area contributed by atoms with Crippen molar-refractivity contribution >= 4 is 5.78 Å². The van der Waals surface area contributed by atoms with Gasteiger partial charge in [0.1, 0.15) is 0 Å². The zero-order chi connectivity index (χ0) is 6.97. The van der Waals surface area contributed by atoms with Crippen molar-refractivity contribution in [3.8, 4) is 0 Å². The summed E-state index contributed by atoms with van der Waals surface area (Å²) in [6.07, 6.45) is 5.43. The molecule has 1 aliphatic heterocycles. The minimum absolute atomic E-state index is 0.294. The summed E-state index contributed by atoms with van der Waals surface area (Å²) in [5.41, 5.74) is 2.05. The average molecular weight is 135 g/mol. The SMILES string of the molecule is O=C1CC=CC2=C1CCN2. The standard InChI is InChI=1S/C8H9NO/c10-8-3-1-2-7-6(8)4-5-9-7/h1-2,9H,3-5H2. The van der Waals surface area contributed by atoms with Gasteiger partial charge in [-0.3, -0.25) is 4.79 Å². The fraction of sp³-hybridized carbons (Fsp3) is 0.375. The lowest BCUT2D eigenvalue weighted by molar-refractivity contribution is -0.115. The first-order valence-corrected chi connectivity index (χ1v) is 3.55. The van der Waals surface area contributed by atoms with Gasteiger partial charge in [-0.05, 0) is 12.5 Å². The summed E-state index contributed by atoms with van der Waals surface area (Å²) in [5.74, 6) is 0.294. The molecule has 0 bridgehead atoms. The van der Waals surface area contributed by atoms with E-state index in [0.717, 1.165) is 24.2 Å². The van der Waals surface area contributed by atoms with E-state index in [0.29, 0.717) is 12.2 Å². The van der Waals surface area contributed by atoms with Crippen molar-refractivity contribution in [3.63, 3.8) is 0 Å². The summed E-state index contributed by atoms with van der Waals surface area (Å²) in [6, 6.07) is 0. The van der Waals surface area contributed by atoms with Gasteiger partial charge >= 0.3 is 0 Å². The molecule has 0 atom stereocenters. The van der Waals surface area contributed by atoms with E-state index in [9.17, 15) is 4.79 Å². The molecule has 0 aromatic heterocycles. The molecule has 10 heavy (non-hydrogen) atoms. The number of hydrogen-bond acceptors (Lipinski definition) is 2. The Kier molecular flexibility index (Phi) is 1.13. The summed E-state index contributed by atoms with van der Waals surface area (Å²) < 4.78 is 0. The van der Waals surface area contributed by atoms with Gasteiger partial charge in [0.05, 0.1) is 0 Å². The van der Waals surface area contributed by atoms with Crippen molar-refractivity contribution in [2.75, 3.05) is 6.54 Å².